The summed E-state index contributed by atoms with van der Waals surface area (Å²) in [5.74, 6) is -0.159. The van der Waals surface area contributed by atoms with Gasteiger partial charge in [-0.1, -0.05) is 42.5 Å². The summed E-state index contributed by atoms with van der Waals surface area (Å²) < 4.78 is 1.00. The van der Waals surface area contributed by atoms with Gasteiger partial charge >= 0.3 is 0 Å². The molecule has 0 aromatic heterocycles. The zero-order valence-corrected chi connectivity index (χ0v) is 12.5. The standard InChI is InChI=1S/C15H15IN2O/c16-12-8-4-5-9-14(12)18-15(19)13(17)10-11-6-2-1-3-7-11/h1-9,13H,10,17H2,(H,18,19). The van der Waals surface area contributed by atoms with Crippen LogP contribution in [0.25, 0.3) is 0 Å². The highest BCUT2D eigenvalue weighted by Crippen LogP contribution is 2.17. The van der Waals surface area contributed by atoms with Gasteiger partial charge in [-0.2, -0.15) is 0 Å². The number of carbonyl (C=O) groups excluding carboxylic acids is 1. The van der Waals surface area contributed by atoms with E-state index in [2.05, 4.69) is 27.9 Å². The number of hydrogen-bond donors (Lipinski definition) is 2. The van der Waals surface area contributed by atoms with E-state index in [-0.39, 0.29) is 5.91 Å². The first kappa shape index (κ1) is 14.0. The Morgan fingerprint density at radius 3 is 2.42 bits per heavy atom. The average molecular weight is 366 g/mol. The van der Waals surface area contributed by atoms with Gasteiger partial charge in [0, 0.05) is 3.57 Å². The number of nitrogens with two attached hydrogens (primary N) is 1. The fourth-order valence-corrected chi connectivity index (χ4v) is 2.27. The monoisotopic (exact) mass is 366 g/mol. The molecule has 0 aliphatic carbocycles. The number of hydrogen-bond acceptors (Lipinski definition) is 2. The molecule has 98 valence electrons. The Labute approximate surface area is 126 Å². The third-order valence-corrected chi connectivity index (χ3v) is 3.71. The molecular weight excluding hydrogens is 351 g/mol. The molecule has 4 heteroatoms. The van der Waals surface area contributed by atoms with Crippen LogP contribution in [0.4, 0.5) is 5.69 Å². The molecule has 0 bridgehead atoms. The minimum Gasteiger partial charge on any atom is -0.324 e. The van der Waals surface area contributed by atoms with Gasteiger partial charge in [0.25, 0.3) is 0 Å². The highest BCUT2D eigenvalue weighted by atomic mass is 127. The second-order valence-electron chi connectivity index (χ2n) is 4.27. The van der Waals surface area contributed by atoms with Crippen LogP contribution in [0.3, 0.4) is 0 Å². The van der Waals surface area contributed by atoms with Crippen molar-refractivity contribution in [2.45, 2.75) is 12.5 Å². The van der Waals surface area contributed by atoms with Crippen molar-refractivity contribution in [1.29, 1.82) is 0 Å². The van der Waals surface area contributed by atoms with E-state index in [0.717, 1.165) is 14.8 Å². The van der Waals surface area contributed by atoms with Crippen LogP contribution in [-0.2, 0) is 11.2 Å². The molecule has 0 aliphatic heterocycles. The van der Waals surface area contributed by atoms with E-state index in [4.69, 9.17) is 5.73 Å². The molecule has 2 aromatic rings. The molecule has 2 aromatic carbocycles. The Bertz CT molecular complexity index is 557. The smallest absolute Gasteiger partial charge is 0.241 e. The first-order valence-corrected chi connectivity index (χ1v) is 7.09. The fraction of sp³-hybridized carbons (Fsp3) is 0.133. The van der Waals surface area contributed by atoms with Gasteiger partial charge in [-0.15, -0.1) is 0 Å². The van der Waals surface area contributed by atoms with Crippen LogP contribution in [-0.4, -0.2) is 11.9 Å². The van der Waals surface area contributed by atoms with Crippen molar-refractivity contribution < 1.29 is 4.79 Å². The molecular formula is C15H15IN2O. The van der Waals surface area contributed by atoms with Gasteiger partial charge in [-0.05, 0) is 46.7 Å². The van der Waals surface area contributed by atoms with Crippen LogP contribution in [0.2, 0.25) is 0 Å². The molecule has 0 saturated heterocycles. The maximum Gasteiger partial charge on any atom is 0.241 e. The normalized spacial score (nSPS) is 11.9. The lowest BCUT2D eigenvalue weighted by atomic mass is 10.1. The van der Waals surface area contributed by atoms with Gasteiger partial charge < -0.3 is 11.1 Å². The van der Waals surface area contributed by atoms with Gasteiger partial charge in [0.05, 0.1) is 11.7 Å². The van der Waals surface area contributed by atoms with Crippen molar-refractivity contribution in [2.75, 3.05) is 5.32 Å². The molecule has 3 nitrogen and oxygen atoms in total. The summed E-state index contributed by atoms with van der Waals surface area (Å²) >= 11 is 2.19. The number of anilines is 1. The summed E-state index contributed by atoms with van der Waals surface area (Å²) in [4.78, 5) is 12.0. The van der Waals surface area contributed by atoms with Crippen LogP contribution in [0.5, 0.6) is 0 Å². The number of amides is 1. The van der Waals surface area contributed by atoms with Crippen molar-refractivity contribution in [3.63, 3.8) is 0 Å². The highest BCUT2D eigenvalue weighted by Gasteiger charge is 2.14. The third kappa shape index (κ3) is 4.04. The second-order valence-corrected chi connectivity index (χ2v) is 5.43. The van der Waals surface area contributed by atoms with Gasteiger partial charge in [-0.25, -0.2) is 0 Å². The number of nitrogens with one attached hydrogen (secondary N) is 1. The average Bonchev–Trinajstić information content (AvgIpc) is 2.42. The van der Waals surface area contributed by atoms with Crippen LogP contribution < -0.4 is 11.1 Å². The summed E-state index contributed by atoms with van der Waals surface area (Å²) in [5.41, 5.74) is 7.80. The Morgan fingerprint density at radius 1 is 1.11 bits per heavy atom. The quantitative estimate of drug-likeness (QED) is 0.818. The van der Waals surface area contributed by atoms with E-state index in [1.165, 1.54) is 0 Å². The summed E-state index contributed by atoms with van der Waals surface area (Å²) in [5, 5.41) is 2.86. The lowest BCUT2D eigenvalue weighted by Crippen LogP contribution is -2.37. The molecule has 0 saturated carbocycles. The SMILES string of the molecule is NC(Cc1ccccc1)C(=O)Nc1ccccc1I. The maximum absolute atomic E-state index is 12.0. The van der Waals surface area contributed by atoms with E-state index in [1.807, 2.05) is 54.6 Å². The Morgan fingerprint density at radius 2 is 1.74 bits per heavy atom. The molecule has 1 unspecified atom stereocenters. The second kappa shape index (κ2) is 6.68. The zero-order valence-electron chi connectivity index (χ0n) is 10.3. The van der Waals surface area contributed by atoms with Crippen molar-refractivity contribution in [2.24, 2.45) is 5.73 Å². The fourth-order valence-electron chi connectivity index (χ4n) is 1.75. The Kier molecular flexibility index (Phi) is 4.93. The maximum atomic E-state index is 12.0. The zero-order chi connectivity index (χ0) is 13.7. The molecule has 0 radical (unpaired) electrons. The first-order valence-electron chi connectivity index (χ1n) is 6.01. The Hall–Kier alpha value is -1.40. The van der Waals surface area contributed by atoms with Crippen LogP contribution >= 0.6 is 22.6 Å². The molecule has 19 heavy (non-hydrogen) atoms. The van der Waals surface area contributed by atoms with Crippen molar-refractivity contribution >= 4 is 34.2 Å². The molecule has 1 atom stereocenters. The topological polar surface area (TPSA) is 55.1 Å². The van der Waals surface area contributed by atoms with E-state index < -0.39 is 6.04 Å². The predicted molar refractivity (Wildman–Crippen MR) is 85.9 cm³/mol. The number of halogens is 1. The molecule has 0 fully saturated rings. The van der Waals surface area contributed by atoms with Gasteiger partial charge in [0.1, 0.15) is 0 Å². The molecule has 2 rings (SSSR count). The lowest BCUT2D eigenvalue weighted by Gasteiger charge is -2.13. The van der Waals surface area contributed by atoms with Crippen LogP contribution in [0.1, 0.15) is 5.56 Å². The van der Waals surface area contributed by atoms with E-state index in [9.17, 15) is 4.79 Å². The number of benzene rings is 2. The number of carbonyl (C=O) groups is 1. The van der Waals surface area contributed by atoms with Crippen molar-refractivity contribution in [3.05, 3.63) is 63.7 Å². The molecule has 3 N–H and O–H groups in total. The van der Waals surface area contributed by atoms with E-state index in [0.29, 0.717) is 6.42 Å². The minimum absolute atomic E-state index is 0.159. The summed E-state index contributed by atoms with van der Waals surface area (Å²) in [7, 11) is 0. The number of para-hydroxylation sites is 1. The molecule has 0 heterocycles. The summed E-state index contributed by atoms with van der Waals surface area (Å²) in [6.07, 6.45) is 0.538. The van der Waals surface area contributed by atoms with Gasteiger partial charge in [0.2, 0.25) is 5.91 Å². The number of rotatable bonds is 4. The van der Waals surface area contributed by atoms with Crippen molar-refractivity contribution in [3.8, 4) is 0 Å². The highest BCUT2D eigenvalue weighted by molar-refractivity contribution is 14.1. The molecule has 0 spiro atoms. The molecule has 1 amide bonds. The van der Waals surface area contributed by atoms with Crippen LogP contribution in [0, 0.1) is 3.57 Å². The largest absolute Gasteiger partial charge is 0.324 e. The van der Waals surface area contributed by atoms with Crippen molar-refractivity contribution in [1.82, 2.24) is 0 Å². The van der Waals surface area contributed by atoms with E-state index >= 15 is 0 Å². The predicted octanol–water partition coefficient (Wildman–Crippen LogP) is 2.80. The van der Waals surface area contributed by atoms with Gasteiger partial charge in [-0.3, -0.25) is 4.79 Å². The Balaban J connectivity index is 1.99. The van der Waals surface area contributed by atoms with Crippen LogP contribution in [0.15, 0.2) is 54.6 Å². The summed E-state index contributed by atoms with van der Waals surface area (Å²) in [6.45, 7) is 0. The lowest BCUT2D eigenvalue weighted by molar-refractivity contribution is -0.117. The molecule has 0 aliphatic rings. The summed E-state index contributed by atoms with van der Waals surface area (Å²) in [6, 6.07) is 16.9. The van der Waals surface area contributed by atoms with Gasteiger partial charge in [0.15, 0.2) is 0 Å². The third-order valence-electron chi connectivity index (χ3n) is 2.77. The van der Waals surface area contributed by atoms with E-state index in [1.54, 1.807) is 0 Å². The first-order chi connectivity index (χ1) is 9.16. The minimum atomic E-state index is -0.543.